The van der Waals surface area contributed by atoms with Crippen molar-refractivity contribution in [3.8, 4) is 0 Å². The minimum Gasteiger partial charge on any atom is -0.481 e. The number of benzene rings is 1. The Balaban J connectivity index is 0.000000218. The molecule has 11 heteroatoms. The molecular weight excluding hydrogens is 448 g/mol. The van der Waals surface area contributed by atoms with Gasteiger partial charge in [-0.2, -0.15) is 0 Å². The Bertz CT molecular complexity index is 962. The zero-order chi connectivity index (χ0) is 25.0. The number of rotatable bonds is 7. The molecule has 2 saturated heterocycles. The van der Waals surface area contributed by atoms with Gasteiger partial charge in [-0.1, -0.05) is 18.2 Å². The van der Waals surface area contributed by atoms with E-state index >= 15 is 0 Å². The van der Waals surface area contributed by atoms with Crippen LogP contribution < -0.4 is 0 Å². The number of carboxylic acid groups (broad SMARTS) is 3. The van der Waals surface area contributed by atoms with E-state index in [1.54, 1.807) is 6.21 Å². The summed E-state index contributed by atoms with van der Waals surface area (Å²) in [4.78, 5) is 49.7. The molecule has 4 atom stereocenters. The summed E-state index contributed by atoms with van der Waals surface area (Å²) in [6.07, 6.45) is 3.94. The lowest BCUT2D eigenvalue weighted by atomic mass is 9.96. The summed E-state index contributed by atoms with van der Waals surface area (Å²) in [5.41, 5.74) is -0.876. The third-order valence-corrected chi connectivity index (χ3v) is 6.51. The molecule has 0 spiro atoms. The maximum atomic E-state index is 12.5. The molecule has 3 aliphatic rings. The second-order valence-corrected chi connectivity index (χ2v) is 8.87. The summed E-state index contributed by atoms with van der Waals surface area (Å²) in [5.74, 6) is -5.48. The molecule has 0 saturated carbocycles. The van der Waals surface area contributed by atoms with Crippen LogP contribution in [0.1, 0.15) is 50.0 Å². The molecule has 3 heterocycles. The molecule has 2 bridgehead atoms. The molecule has 4 rings (SSSR count). The molecule has 3 aliphatic heterocycles. The zero-order valence-electron chi connectivity index (χ0n) is 18.7. The van der Waals surface area contributed by atoms with Crippen molar-refractivity contribution in [1.29, 1.82) is 0 Å². The first-order chi connectivity index (χ1) is 16.0. The Morgan fingerprint density at radius 1 is 1.03 bits per heavy atom. The third kappa shape index (κ3) is 5.78. The smallest absolute Gasteiger partial charge is 0.336 e. The number of aliphatic hydroxyl groups is 1. The maximum absolute atomic E-state index is 12.5. The molecule has 4 N–H and O–H groups in total. The Morgan fingerprint density at radius 2 is 1.59 bits per heavy atom. The van der Waals surface area contributed by atoms with E-state index in [9.17, 15) is 19.2 Å². The fourth-order valence-electron chi connectivity index (χ4n) is 4.70. The van der Waals surface area contributed by atoms with Gasteiger partial charge in [0.05, 0.1) is 18.5 Å². The lowest BCUT2D eigenvalue weighted by molar-refractivity contribution is -0.170. The van der Waals surface area contributed by atoms with E-state index in [0.29, 0.717) is 12.1 Å². The van der Waals surface area contributed by atoms with E-state index in [2.05, 4.69) is 16.9 Å². The van der Waals surface area contributed by atoms with Gasteiger partial charge in [-0.05, 0) is 44.4 Å². The molecule has 0 amide bonds. The van der Waals surface area contributed by atoms with E-state index in [1.807, 2.05) is 24.3 Å². The number of ether oxygens (including phenoxy) is 1. The summed E-state index contributed by atoms with van der Waals surface area (Å²) in [7, 11) is 2.19. The van der Waals surface area contributed by atoms with Crippen LogP contribution in [-0.4, -0.2) is 86.3 Å². The van der Waals surface area contributed by atoms with Crippen LogP contribution in [0.3, 0.4) is 0 Å². The molecule has 34 heavy (non-hydrogen) atoms. The molecule has 0 aromatic heterocycles. The van der Waals surface area contributed by atoms with Gasteiger partial charge in [0, 0.05) is 18.3 Å². The number of carbonyl (C=O) groups is 4. The highest BCUT2D eigenvalue weighted by Crippen LogP contribution is 2.37. The number of hydrogen-bond donors (Lipinski definition) is 4. The van der Waals surface area contributed by atoms with Crippen LogP contribution in [0, 0.1) is 0 Å². The molecule has 0 radical (unpaired) electrons. The van der Waals surface area contributed by atoms with Gasteiger partial charge in [-0.15, -0.1) is 0 Å². The standard InChI is InChI=1S/C17H20N2O2.C6H8O7/c1-19-11-6-7-12(19)9-13(8-11)21-17(20)15-10-18-16-5-3-2-4-14(15)16;7-3(8)1-6(13,5(11)12)2-4(9)10/h2-5,10-13,15H,6-9H2,1H3;13H,1-2H2,(H,7,8)(H,9,10)(H,11,12)/t11-,12+,13?,15?;. The van der Waals surface area contributed by atoms with Gasteiger partial charge in [-0.25, -0.2) is 4.79 Å². The van der Waals surface area contributed by atoms with Crippen LogP contribution in [0.4, 0.5) is 5.69 Å². The van der Waals surface area contributed by atoms with Gasteiger partial charge >= 0.3 is 23.9 Å². The molecule has 2 fully saturated rings. The Hall–Kier alpha value is -3.31. The van der Waals surface area contributed by atoms with Crippen LogP contribution in [0.15, 0.2) is 29.3 Å². The van der Waals surface area contributed by atoms with E-state index in [-0.39, 0.29) is 18.0 Å². The van der Waals surface area contributed by atoms with Crippen molar-refractivity contribution in [2.24, 2.45) is 4.99 Å². The number of carboxylic acids is 3. The number of nitrogens with zero attached hydrogens (tertiary/aromatic N) is 2. The number of hydrogen-bond acceptors (Lipinski definition) is 8. The minimum atomic E-state index is -2.74. The van der Waals surface area contributed by atoms with Crippen molar-refractivity contribution in [1.82, 2.24) is 4.90 Å². The van der Waals surface area contributed by atoms with Crippen LogP contribution >= 0.6 is 0 Å². The van der Waals surface area contributed by atoms with Crippen molar-refractivity contribution in [2.75, 3.05) is 7.05 Å². The number of esters is 1. The molecule has 1 aromatic carbocycles. The largest absolute Gasteiger partial charge is 0.481 e. The van der Waals surface area contributed by atoms with Gasteiger partial charge in [-0.3, -0.25) is 19.4 Å². The van der Waals surface area contributed by atoms with Crippen LogP contribution in [0.5, 0.6) is 0 Å². The lowest BCUT2D eigenvalue weighted by Crippen LogP contribution is -2.43. The first-order valence-corrected chi connectivity index (χ1v) is 10.9. The Morgan fingerprint density at radius 3 is 2.12 bits per heavy atom. The first kappa shape index (κ1) is 25.3. The fourth-order valence-corrected chi connectivity index (χ4v) is 4.70. The number of para-hydroxylation sites is 1. The van der Waals surface area contributed by atoms with Gasteiger partial charge in [0.25, 0.3) is 0 Å². The monoisotopic (exact) mass is 476 g/mol. The fraction of sp³-hybridized carbons (Fsp3) is 0.522. The predicted molar refractivity (Wildman–Crippen MR) is 118 cm³/mol. The highest BCUT2D eigenvalue weighted by atomic mass is 16.5. The first-order valence-electron chi connectivity index (χ1n) is 10.9. The molecule has 0 aliphatic carbocycles. The van der Waals surface area contributed by atoms with Gasteiger partial charge in [0.2, 0.25) is 0 Å². The number of carbonyl (C=O) groups excluding carboxylic acids is 1. The van der Waals surface area contributed by atoms with E-state index in [4.69, 9.17) is 25.2 Å². The van der Waals surface area contributed by atoms with E-state index < -0.39 is 36.4 Å². The molecule has 1 aromatic rings. The Kier molecular flexibility index (Phi) is 7.68. The second-order valence-electron chi connectivity index (χ2n) is 8.87. The minimum absolute atomic E-state index is 0.0763. The average Bonchev–Trinajstić information content (AvgIpc) is 3.24. The van der Waals surface area contributed by atoms with E-state index in [0.717, 1.165) is 24.1 Å². The second kappa shape index (κ2) is 10.3. The summed E-state index contributed by atoms with van der Waals surface area (Å²) >= 11 is 0. The van der Waals surface area contributed by atoms with E-state index in [1.165, 1.54) is 12.8 Å². The number of piperidine rings is 1. The average molecular weight is 476 g/mol. The normalized spacial score (nSPS) is 25.1. The van der Waals surface area contributed by atoms with Crippen molar-refractivity contribution < 1.29 is 44.3 Å². The molecule has 11 nitrogen and oxygen atoms in total. The van der Waals surface area contributed by atoms with Gasteiger partial charge in [0.15, 0.2) is 5.60 Å². The van der Waals surface area contributed by atoms with Gasteiger partial charge < -0.3 is 30.1 Å². The quantitative estimate of drug-likeness (QED) is 0.421. The van der Waals surface area contributed by atoms with Crippen molar-refractivity contribution in [2.45, 2.75) is 68.2 Å². The maximum Gasteiger partial charge on any atom is 0.336 e. The van der Waals surface area contributed by atoms with Crippen LogP contribution in [0.2, 0.25) is 0 Å². The van der Waals surface area contributed by atoms with Crippen molar-refractivity contribution in [3.63, 3.8) is 0 Å². The van der Waals surface area contributed by atoms with Crippen LogP contribution in [-0.2, 0) is 23.9 Å². The van der Waals surface area contributed by atoms with Crippen molar-refractivity contribution >= 4 is 35.8 Å². The number of aliphatic imine (C=N–C) groups is 1. The van der Waals surface area contributed by atoms with Gasteiger partial charge in [0.1, 0.15) is 12.0 Å². The third-order valence-electron chi connectivity index (χ3n) is 6.51. The predicted octanol–water partition coefficient (Wildman–Crippen LogP) is 1.41. The molecule has 2 unspecified atom stereocenters. The number of aliphatic carboxylic acids is 3. The summed E-state index contributed by atoms with van der Waals surface area (Å²) in [5, 5.41) is 33.8. The zero-order valence-corrected chi connectivity index (χ0v) is 18.7. The SMILES string of the molecule is CN1[C@@H]2CC[C@H]1CC(OC(=O)C1C=Nc3ccccc31)C2.O=C(O)CC(O)(CC(=O)O)C(=O)O. The van der Waals surface area contributed by atoms with Crippen molar-refractivity contribution in [3.05, 3.63) is 29.8 Å². The van der Waals surface area contributed by atoms with Crippen LogP contribution in [0.25, 0.3) is 0 Å². The topological polar surface area (TPSA) is 174 Å². The summed E-state index contributed by atoms with van der Waals surface area (Å²) in [6, 6.07) is 8.97. The Labute approximate surface area is 195 Å². The highest BCUT2D eigenvalue weighted by Gasteiger charge is 2.41. The summed E-state index contributed by atoms with van der Waals surface area (Å²) in [6.45, 7) is 0. The molecular formula is C23H28N2O9. The lowest BCUT2D eigenvalue weighted by Gasteiger charge is -2.36. The highest BCUT2D eigenvalue weighted by molar-refractivity contribution is 6.01. The summed E-state index contributed by atoms with van der Waals surface area (Å²) < 4.78 is 5.80. The molecule has 184 valence electrons. The number of fused-ring (bicyclic) bond motifs is 3.